The van der Waals surface area contributed by atoms with E-state index in [0.717, 1.165) is 41.5 Å². The van der Waals surface area contributed by atoms with Gasteiger partial charge in [-0.3, -0.25) is 4.79 Å². The highest BCUT2D eigenvalue weighted by Crippen LogP contribution is 2.30. The minimum Gasteiger partial charge on any atom is -0.476 e. The first kappa shape index (κ1) is 23.3. The highest BCUT2D eigenvalue weighted by molar-refractivity contribution is 9.13. The zero-order valence-electron chi connectivity index (χ0n) is 18.0. The van der Waals surface area contributed by atoms with Gasteiger partial charge < -0.3 is 4.74 Å². The second-order valence-electron chi connectivity index (χ2n) is 7.43. The van der Waals surface area contributed by atoms with Crippen LogP contribution in [0.25, 0.3) is 22.5 Å². The number of nitrogens with zero attached hydrogens (tertiary/aromatic N) is 5. The van der Waals surface area contributed by atoms with Gasteiger partial charge >= 0.3 is 0 Å². The van der Waals surface area contributed by atoms with Gasteiger partial charge in [-0.1, -0.05) is 68.3 Å². The molecule has 0 saturated heterocycles. The van der Waals surface area contributed by atoms with Gasteiger partial charge in [0.05, 0.1) is 13.2 Å². The number of aromatic amines is 1. The summed E-state index contributed by atoms with van der Waals surface area (Å²) in [4.78, 5) is 12.7. The summed E-state index contributed by atoms with van der Waals surface area (Å²) in [6, 6.07) is 15.9. The van der Waals surface area contributed by atoms with Gasteiger partial charge in [-0.05, 0) is 60.2 Å². The van der Waals surface area contributed by atoms with E-state index < -0.39 is 0 Å². The Morgan fingerprint density at radius 1 is 1.00 bits per heavy atom. The molecule has 2 heterocycles. The van der Waals surface area contributed by atoms with Crippen LogP contribution < -0.4 is 10.3 Å². The van der Waals surface area contributed by atoms with E-state index in [-0.39, 0.29) is 5.56 Å². The molecule has 2 aromatic heterocycles. The van der Waals surface area contributed by atoms with E-state index in [9.17, 15) is 4.79 Å². The molecule has 2 aromatic carbocycles. The van der Waals surface area contributed by atoms with Gasteiger partial charge in [0.15, 0.2) is 0 Å². The Morgan fingerprint density at radius 2 is 1.76 bits per heavy atom. The second-order valence-corrected chi connectivity index (χ2v) is 9.02. The van der Waals surface area contributed by atoms with E-state index in [1.165, 1.54) is 4.68 Å². The molecule has 1 N–H and O–H groups in total. The van der Waals surface area contributed by atoms with Crippen LogP contribution >= 0.6 is 31.9 Å². The first-order chi connectivity index (χ1) is 16.1. The molecule has 4 rings (SSSR count). The smallest absolute Gasteiger partial charge is 0.282 e. The Kier molecular flexibility index (Phi) is 7.66. The van der Waals surface area contributed by atoms with Crippen LogP contribution in [0, 0.1) is 0 Å². The lowest BCUT2D eigenvalue weighted by Gasteiger charge is -2.12. The average Bonchev–Trinajstić information content (AvgIpc) is 3.38. The van der Waals surface area contributed by atoms with Gasteiger partial charge in [-0.2, -0.15) is 5.21 Å². The van der Waals surface area contributed by atoms with Crippen LogP contribution in [0.3, 0.4) is 0 Å². The molecule has 0 atom stereocenters. The first-order valence-electron chi connectivity index (χ1n) is 10.6. The normalized spacial score (nSPS) is 11.0. The number of halogens is 2. The molecular formula is C23H22Br2N6O2. The van der Waals surface area contributed by atoms with Crippen molar-refractivity contribution in [3.63, 3.8) is 0 Å². The van der Waals surface area contributed by atoms with Crippen molar-refractivity contribution in [2.45, 2.75) is 32.7 Å². The molecule has 4 aromatic rings. The quantitative estimate of drug-likeness (QED) is 0.275. The molecular weight excluding hydrogens is 552 g/mol. The van der Waals surface area contributed by atoms with Gasteiger partial charge in [0.25, 0.3) is 5.56 Å². The summed E-state index contributed by atoms with van der Waals surface area (Å²) in [5.41, 5.74) is 3.61. The third-order valence-electron chi connectivity index (χ3n) is 5.11. The van der Waals surface area contributed by atoms with Crippen LogP contribution in [-0.4, -0.2) is 37.0 Å². The summed E-state index contributed by atoms with van der Waals surface area (Å²) in [6.45, 7) is 3.02. The summed E-state index contributed by atoms with van der Waals surface area (Å²) >= 11 is 6.78. The van der Waals surface area contributed by atoms with Crippen LogP contribution in [0.4, 0.5) is 0 Å². The van der Waals surface area contributed by atoms with Crippen LogP contribution in [0.2, 0.25) is 0 Å². The third kappa shape index (κ3) is 5.39. The molecule has 0 radical (unpaired) electrons. The zero-order valence-corrected chi connectivity index (χ0v) is 21.1. The molecule has 33 heavy (non-hydrogen) atoms. The van der Waals surface area contributed by atoms with Crippen molar-refractivity contribution in [1.82, 2.24) is 30.4 Å². The molecule has 0 fully saturated rings. The number of tetrazole rings is 1. The number of aromatic nitrogens is 6. The number of ether oxygens (including phenoxy) is 1. The van der Waals surface area contributed by atoms with Crippen LogP contribution in [0.5, 0.6) is 5.88 Å². The molecule has 0 amide bonds. The summed E-state index contributed by atoms with van der Waals surface area (Å²) < 4.78 is 8.15. The Labute approximate surface area is 207 Å². The van der Waals surface area contributed by atoms with Crippen molar-refractivity contribution in [2.75, 3.05) is 6.61 Å². The maximum Gasteiger partial charge on any atom is 0.282 e. The molecule has 0 aliphatic carbocycles. The molecule has 170 valence electrons. The van der Waals surface area contributed by atoms with Crippen molar-refractivity contribution in [3.05, 3.63) is 73.4 Å². The second kappa shape index (κ2) is 10.8. The molecule has 0 aliphatic rings. The fourth-order valence-corrected chi connectivity index (χ4v) is 4.13. The number of rotatable bonds is 9. The van der Waals surface area contributed by atoms with Crippen molar-refractivity contribution >= 4 is 31.9 Å². The summed E-state index contributed by atoms with van der Waals surface area (Å²) in [6.07, 6.45) is 3.13. The third-order valence-corrected chi connectivity index (χ3v) is 7.11. The average molecular weight is 574 g/mol. The maximum absolute atomic E-state index is 12.7. The molecule has 0 aliphatic heterocycles. The standard InChI is InChI=1S/C23H22Br2N6O2/c1-2-3-6-13-33-22-19(24)20(25)23(32)31(28-22)14-15-9-11-16(12-10-15)17-7-4-5-8-18(17)21-26-29-30-27-21/h4-5,7-12H,2-3,6,13-14H2,1H3,(H,26,27,29,30). The highest BCUT2D eigenvalue weighted by Gasteiger charge is 2.16. The Hall–Kier alpha value is -2.85. The lowest BCUT2D eigenvalue weighted by atomic mass is 9.98. The largest absolute Gasteiger partial charge is 0.476 e. The number of unbranched alkanes of at least 4 members (excludes halogenated alkanes) is 2. The number of hydrogen-bond acceptors (Lipinski definition) is 6. The molecule has 8 nitrogen and oxygen atoms in total. The Bertz CT molecular complexity index is 1270. The van der Waals surface area contributed by atoms with Crippen LogP contribution in [0.1, 0.15) is 31.7 Å². The SMILES string of the molecule is CCCCCOc1nn(Cc2ccc(-c3ccccc3-c3nn[nH]n3)cc2)c(=O)c(Br)c1Br. The van der Waals surface area contributed by atoms with E-state index in [1.807, 2.05) is 48.5 Å². The predicted molar refractivity (Wildman–Crippen MR) is 133 cm³/mol. The minimum absolute atomic E-state index is 0.227. The molecule has 10 heteroatoms. The first-order valence-corrected chi connectivity index (χ1v) is 12.2. The van der Waals surface area contributed by atoms with Gasteiger partial charge in [0, 0.05) is 5.56 Å². The van der Waals surface area contributed by atoms with Gasteiger partial charge in [0.2, 0.25) is 11.7 Å². The van der Waals surface area contributed by atoms with Crippen molar-refractivity contribution in [1.29, 1.82) is 0 Å². The van der Waals surface area contributed by atoms with Crippen LogP contribution in [0.15, 0.2) is 62.3 Å². The topological polar surface area (TPSA) is 98.6 Å². The summed E-state index contributed by atoms with van der Waals surface area (Å²) in [7, 11) is 0. The summed E-state index contributed by atoms with van der Waals surface area (Å²) in [5.74, 6) is 0.944. The van der Waals surface area contributed by atoms with E-state index in [0.29, 0.717) is 33.8 Å². The van der Waals surface area contributed by atoms with Crippen molar-refractivity contribution < 1.29 is 4.74 Å². The number of benzene rings is 2. The molecule has 0 spiro atoms. The van der Waals surface area contributed by atoms with Crippen molar-refractivity contribution in [2.24, 2.45) is 0 Å². The zero-order chi connectivity index (χ0) is 23.2. The monoisotopic (exact) mass is 572 g/mol. The van der Waals surface area contributed by atoms with E-state index in [1.54, 1.807) is 0 Å². The summed E-state index contributed by atoms with van der Waals surface area (Å²) in [5, 5.41) is 18.8. The molecule has 0 unspecified atom stereocenters. The lowest BCUT2D eigenvalue weighted by molar-refractivity contribution is 0.283. The molecule has 0 saturated carbocycles. The maximum atomic E-state index is 12.7. The fourth-order valence-electron chi connectivity index (χ4n) is 3.39. The predicted octanol–water partition coefficient (Wildman–Crippen LogP) is 5.23. The van der Waals surface area contributed by atoms with E-state index >= 15 is 0 Å². The number of hydrogen-bond donors (Lipinski definition) is 1. The Balaban J connectivity index is 1.57. The molecule has 0 bridgehead atoms. The number of H-pyrrole nitrogens is 1. The Morgan fingerprint density at radius 3 is 2.45 bits per heavy atom. The number of nitrogens with one attached hydrogen (secondary N) is 1. The van der Waals surface area contributed by atoms with E-state index in [2.05, 4.69) is 64.5 Å². The van der Waals surface area contributed by atoms with Gasteiger partial charge in [-0.25, -0.2) is 4.68 Å². The lowest BCUT2D eigenvalue weighted by Crippen LogP contribution is -2.25. The van der Waals surface area contributed by atoms with Crippen LogP contribution in [-0.2, 0) is 6.54 Å². The highest BCUT2D eigenvalue weighted by atomic mass is 79.9. The van der Waals surface area contributed by atoms with E-state index in [4.69, 9.17) is 4.74 Å². The van der Waals surface area contributed by atoms with Gasteiger partial charge in [-0.15, -0.1) is 15.3 Å². The van der Waals surface area contributed by atoms with Gasteiger partial charge in [0.1, 0.15) is 8.95 Å². The minimum atomic E-state index is -0.227. The fraction of sp³-hybridized carbons (Fsp3) is 0.261. The van der Waals surface area contributed by atoms with Crippen molar-refractivity contribution in [3.8, 4) is 28.4 Å².